The van der Waals surface area contributed by atoms with E-state index in [9.17, 15) is 9.59 Å². The molecule has 2 N–H and O–H groups in total. The first-order chi connectivity index (χ1) is 16.1. The van der Waals surface area contributed by atoms with Gasteiger partial charge in [0.15, 0.2) is 0 Å². The van der Waals surface area contributed by atoms with Gasteiger partial charge in [0.2, 0.25) is 5.91 Å². The van der Waals surface area contributed by atoms with Crippen LogP contribution < -0.4 is 10.6 Å². The third kappa shape index (κ3) is 8.42. The molecule has 0 radical (unpaired) electrons. The molecule has 1 aliphatic carbocycles. The molecule has 0 bridgehead atoms. The molecule has 2 aromatic rings. The van der Waals surface area contributed by atoms with Gasteiger partial charge in [-0.1, -0.05) is 62.2 Å². The van der Waals surface area contributed by atoms with Crippen molar-refractivity contribution in [1.82, 2.24) is 10.6 Å². The van der Waals surface area contributed by atoms with E-state index >= 15 is 0 Å². The fraction of sp³-hybridized carbons (Fsp3) is 0.481. The first-order valence-electron chi connectivity index (χ1n) is 11.9. The number of alkyl carbamates (subject to hydrolysis) is 1. The molecule has 0 aromatic heterocycles. The number of nitrogens with one attached hydrogen (secondary N) is 2. The van der Waals surface area contributed by atoms with Crippen molar-refractivity contribution < 1.29 is 14.3 Å². The minimum absolute atomic E-state index is 0.0171. The van der Waals surface area contributed by atoms with Crippen LogP contribution in [-0.2, 0) is 9.53 Å². The monoisotopic (exact) mass is 592 g/mol. The number of halogens is 2. The van der Waals surface area contributed by atoms with Crippen LogP contribution in [0.5, 0.6) is 0 Å². The van der Waals surface area contributed by atoms with Crippen molar-refractivity contribution in [3.8, 4) is 0 Å². The highest BCUT2D eigenvalue weighted by atomic mass is 79.9. The summed E-state index contributed by atoms with van der Waals surface area (Å²) in [6, 6.07) is 16.5. The first kappa shape index (κ1) is 26.7. The molecule has 1 saturated carbocycles. The van der Waals surface area contributed by atoms with Gasteiger partial charge in [-0.3, -0.25) is 4.79 Å². The maximum Gasteiger partial charge on any atom is 0.407 e. The Balaban J connectivity index is 1.53. The molecule has 1 atom stereocenters. The summed E-state index contributed by atoms with van der Waals surface area (Å²) in [5, 5.41) is 6.09. The molecule has 0 heterocycles. The standard InChI is InChI=1S/C27H34Br2N2O3/c1-27(2,3)34-26(33)31-16-18-9-11-20(12-10-18)25(32)30-17-24(19-7-5-4-6-8-19)21-13-22(28)15-23(29)14-21/h4-8,13-15,18,20,24H,9-12,16-17H2,1-3H3,(H,30,32)(H,31,33). The lowest BCUT2D eigenvalue weighted by Gasteiger charge is -2.29. The summed E-state index contributed by atoms with van der Waals surface area (Å²) in [6.07, 6.45) is 3.15. The van der Waals surface area contributed by atoms with Gasteiger partial charge in [0.1, 0.15) is 5.60 Å². The van der Waals surface area contributed by atoms with Crippen molar-refractivity contribution >= 4 is 43.9 Å². The predicted octanol–water partition coefficient (Wildman–Crippen LogP) is 6.79. The van der Waals surface area contributed by atoms with Gasteiger partial charge in [-0.2, -0.15) is 0 Å². The van der Waals surface area contributed by atoms with Gasteiger partial charge in [-0.05, 0) is 81.7 Å². The minimum Gasteiger partial charge on any atom is -0.444 e. The van der Waals surface area contributed by atoms with Gasteiger partial charge in [0.25, 0.3) is 0 Å². The van der Waals surface area contributed by atoms with E-state index < -0.39 is 5.60 Å². The number of benzene rings is 2. The molecule has 1 fully saturated rings. The van der Waals surface area contributed by atoms with E-state index in [0.29, 0.717) is 19.0 Å². The zero-order valence-corrected chi connectivity index (χ0v) is 23.2. The van der Waals surface area contributed by atoms with Gasteiger partial charge in [0.05, 0.1) is 0 Å². The normalized spacial score (nSPS) is 19.2. The topological polar surface area (TPSA) is 67.4 Å². The summed E-state index contributed by atoms with van der Waals surface area (Å²) in [7, 11) is 0. The van der Waals surface area contributed by atoms with Crippen LogP contribution in [-0.4, -0.2) is 30.7 Å². The van der Waals surface area contributed by atoms with Gasteiger partial charge in [-0.15, -0.1) is 0 Å². The van der Waals surface area contributed by atoms with Gasteiger partial charge >= 0.3 is 6.09 Å². The van der Waals surface area contributed by atoms with Crippen molar-refractivity contribution in [2.75, 3.05) is 13.1 Å². The summed E-state index contributed by atoms with van der Waals surface area (Å²) >= 11 is 7.17. The van der Waals surface area contributed by atoms with Gasteiger partial charge in [-0.25, -0.2) is 4.79 Å². The van der Waals surface area contributed by atoms with E-state index in [1.54, 1.807) is 0 Å². The van der Waals surface area contributed by atoms with Crippen LogP contribution in [0.1, 0.15) is 63.5 Å². The second kappa shape index (κ2) is 12.2. The Morgan fingerprint density at radius 1 is 0.941 bits per heavy atom. The average molecular weight is 594 g/mol. The number of ether oxygens (including phenoxy) is 1. The Morgan fingerprint density at radius 2 is 1.56 bits per heavy atom. The Morgan fingerprint density at radius 3 is 2.15 bits per heavy atom. The minimum atomic E-state index is -0.497. The van der Waals surface area contributed by atoms with Crippen molar-refractivity contribution in [2.45, 2.75) is 58.0 Å². The van der Waals surface area contributed by atoms with E-state index in [0.717, 1.165) is 40.2 Å². The van der Waals surface area contributed by atoms with E-state index in [2.05, 4.69) is 66.8 Å². The molecule has 1 aliphatic rings. The summed E-state index contributed by atoms with van der Waals surface area (Å²) in [5.41, 5.74) is 1.82. The second-order valence-electron chi connectivity index (χ2n) is 10.0. The molecule has 5 nitrogen and oxygen atoms in total. The lowest BCUT2D eigenvalue weighted by molar-refractivity contribution is -0.126. The summed E-state index contributed by atoms with van der Waals surface area (Å²) < 4.78 is 7.31. The van der Waals surface area contributed by atoms with Crippen LogP contribution in [0.3, 0.4) is 0 Å². The van der Waals surface area contributed by atoms with Gasteiger partial charge < -0.3 is 15.4 Å². The van der Waals surface area contributed by atoms with E-state index in [1.807, 2.05) is 45.0 Å². The summed E-state index contributed by atoms with van der Waals surface area (Å²) in [5.74, 6) is 0.581. The van der Waals surface area contributed by atoms with Crippen LogP contribution >= 0.6 is 31.9 Å². The molecule has 0 spiro atoms. The van der Waals surface area contributed by atoms with Crippen LogP contribution in [0.2, 0.25) is 0 Å². The van der Waals surface area contributed by atoms with Crippen LogP contribution in [0.25, 0.3) is 0 Å². The molecule has 1 unspecified atom stereocenters. The molecule has 7 heteroatoms. The fourth-order valence-electron chi connectivity index (χ4n) is 4.41. The zero-order valence-electron chi connectivity index (χ0n) is 20.1. The van der Waals surface area contributed by atoms with Crippen molar-refractivity contribution in [3.05, 3.63) is 68.6 Å². The largest absolute Gasteiger partial charge is 0.444 e. The van der Waals surface area contributed by atoms with E-state index in [4.69, 9.17) is 4.74 Å². The third-order valence-corrected chi connectivity index (χ3v) is 7.04. The van der Waals surface area contributed by atoms with Crippen molar-refractivity contribution in [3.63, 3.8) is 0 Å². The maximum atomic E-state index is 13.0. The van der Waals surface area contributed by atoms with Crippen LogP contribution in [0.15, 0.2) is 57.5 Å². The molecule has 2 amide bonds. The highest BCUT2D eigenvalue weighted by Gasteiger charge is 2.28. The number of amides is 2. The predicted molar refractivity (Wildman–Crippen MR) is 143 cm³/mol. The number of carbonyl (C=O) groups excluding carboxylic acids is 2. The summed E-state index contributed by atoms with van der Waals surface area (Å²) in [6.45, 7) is 6.71. The lowest BCUT2D eigenvalue weighted by atomic mass is 9.81. The van der Waals surface area contributed by atoms with Gasteiger partial charge in [0, 0.05) is 33.9 Å². The number of carbonyl (C=O) groups is 2. The molecule has 0 saturated heterocycles. The third-order valence-electron chi connectivity index (χ3n) is 6.12. The molecule has 3 rings (SSSR count). The number of rotatable bonds is 7. The zero-order chi connectivity index (χ0) is 24.7. The molecular weight excluding hydrogens is 560 g/mol. The summed E-state index contributed by atoms with van der Waals surface area (Å²) in [4.78, 5) is 24.9. The maximum absolute atomic E-state index is 13.0. The van der Waals surface area contributed by atoms with Crippen LogP contribution in [0.4, 0.5) is 4.79 Å². The highest BCUT2D eigenvalue weighted by Crippen LogP contribution is 2.31. The Labute approximate surface area is 219 Å². The van der Waals surface area contributed by atoms with Crippen molar-refractivity contribution in [2.24, 2.45) is 11.8 Å². The molecular formula is C27H34Br2N2O3. The van der Waals surface area contributed by atoms with E-state index in [-0.39, 0.29) is 23.8 Å². The van der Waals surface area contributed by atoms with E-state index in [1.165, 1.54) is 5.56 Å². The Hall–Kier alpha value is -1.86. The fourth-order valence-corrected chi connectivity index (χ4v) is 5.74. The lowest BCUT2D eigenvalue weighted by Crippen LogP contribution is -2.38. The highest BCUT2D eigenvalue weighted by molar-refractivity contribution is 9.11. The number of hydrogen-bond acceptors (Lipinski definition) is 3. The SMILES string of the molecule is CC(C)(C)OC(=O)NCC1CCC(C(=O)NCC(c2ccccc2)c2cc(Br)cc(Br)c2)CC1. The Bertz CT molecular complexity index is 947. The molecule has 34 heavy (non-hydrogen) atoms. The quantitative estimate of drug-likeness (QED) is 0.371. The Kier molecular flexibility index (Phi) is 9.60. The smallest absolute Gasteiger partial charge is 0.407 e. The second-order valence-corrected chi connectivity index (χ2v) is 11.8. The van der Waals surface area contributed by atoms with Crippen molar-refractivity contribution in [1.29, 1.82) is 0 Å². The molecule has 0 aliphatic heterocycles. The van der Waals surface area contributed by atoms with Crippen LogP contribution in [0, 0.1) is 11.8 Å². The molecule has 184 valence electrons. The molecule has 2 aromatic carbocycles. The first-order valence-corrected chi connectivity index (χ1v) is 13.4. The average Bonchev–Trinajstić information content (AvgIpc) is 2.77. The number of hydrogen-bond donors (Lipinski definition) is 2.